The molecule has 0 aliphatic carbocycles. The van der Waals surface area contributed by atoms with Gasteiger partial charge in [0.25, 0.3) is 0 Å². The third-order valence-electron chi connectivity index (χ3n) is 3.40. The summed E-state index contributed by atoms with van der Waals surface area (Å²) in [5.74, 6) is 0.323. The predicted octanol–water partition coefficient (Wildman–Crippen LogP) is 1.53. The van der Waals surface area contributed by atoms with Crippen LogP contribution in [0, 0.1) is 17.2 Å². The Labute approximate surface area is 105 Å². The molecule has 0 spiro atoms. The van der Waals surface area contributed by atoms with E-state index in [1.54, 1.807) is 6.20 Å². The molecule has 90 valence electrons. The fraction of sp³-hybridized carbons (Fsp3) is 0.286. The number of nitriles is 1. The molecule has 4 heteroatoms. The van der Waals surface area contributed by atoms with Crippen LogP contribution in [0.25, 0.3) is 10.9 Å². The van der Waals surface area contributed by atoms with Crippen LogP contribution in [0.3, 0.4) is 0 Å². The van der Waals surface area contributed by atoms with Gasteiger partial charge in [-0.1, -0.05) is 18.2 Å². The SMILES string of the molecule is N#Cc1cnc2ccccc2c1N1CC(CO)C1. The maximum absolute atomic E-state index is 9.20. The Bertz CT molecular complexity index is 626. The number of nitrogens with zero attached hydrogens (tertiary/aromatic N) is 3. The summed E-state index contributed by atoms with van der Waals surface area (Å²) >= 11 is 0. The van der Waals surface area contributed by atoms with Crippen molar-refractivity contribution in [2.75, 3.05) is 24.6 Å². The van der Waals surface area contributed by atoms with E-state index in [1.807, 2.05) is 24.3 Å². The van der Waals surface area contributed by atoms with Gasteiger partial charge in [0.1, 0.15) is 6.07 Å². The minimum Gasteiger partial charge on any atom is -0.396 e. The zero-order chi connectivity index (χ0) is 12.5. The second-order valence-electron chi connectivity index (χ2n) is 4.60. The van der Waals surface area contributed by atoms with E-state index in [0.717, 1.165) is 29.7 Å². The van der Waals surface area contributed by atoms with Gasteiger partial charge in [-0.15, -0.1) is 0 Å². The van der Waals surface area contributed by atoms with Gasteiger partial charge in [0.2, 0.25) is 0 Å². The normalized spacial score (nSPS) is 15.4. The number of pyridine rings is 1. The molecule has 2 heterocycles. The van der Waals surface area contributed by atoms with E-state index in [9.17, 15) is 5.26 Å². The van der Waals surface area contributed by atoms with Crippen molar-refractivity contribution in [3.63, 3.8) is 0 Å². The first kappa shape index (κ1) is 11.0. The average Bonchev–Trinajstić information content (AvgIpc) is 2.37. The molecule has 0 amide bonds. The van der Waals surface area contributed by atoms with Crippen molar-refractivity contribution in [1.82, 2.24) is 4.98 Å². The topological polar surface area (TPSA) is 60.2 Å². The number of aliphatic hydroxyl groups is 1. The lowest BCUT2D eigenvalue weighted by Crippen LogP contribution is -2.48. The Morgan fingerprint density at radius 2 is 2.17 bits per heavy atom. The average molecular weight is 239 g/mol. The smallest absolute Gasteiger partial charge is 0.103 e. The fourth-order valence-corrected chi connectivity index (χ4v) is 2.42. The second-order valence-corrected chi connectivity index (χ2v) is 4.60. The van der Waals surface area contributed by atoms with Gasteiger partial charge in [0.15, 0.2) is 0 Å². The molecule has 0 bridgehead atoms. The molecule has 18 heavy (non-hydrogen) atoms. The molecule has 1 aromatic carbocycles. The molecular weight excluding hydrogens is 226 g/mol. The summed E-state index contributed by atoms with van der Waals surface area (Å²) < 4.78 is 0. The summed E-state index contributed by atoms with van der Waals surface area (Å²) in [5, 5.41) is 19.3. The maximum atomic E-state index is 9.20. The Morgan fingerprint density at radius 3 is 2.89 bits per heavy atom. The molecule has 4 nitrogen and oxygen atoms in total. The number of hydrogen-bond acceptors (Lipinski definition) is 4. The molecule has 0 atom stereocenters. The molecule has 0 radical (unpaired) electrons. The van der Waals surface area contributed by atoms with Gasteiger partial charge >= 0.3 is 0 Å². The van der Waals surface area contributed by atoms with Gasteiger partial charge in [-0.05, 0) is 6.07 Å². The minimum atomic E-state index is 0.210. The van der Waals surface area contributed by atoms with Crippen molar-refractivity contribution in [3.8, 4) is 6.07 Å². The van der Waals surface area contributed by atoms with Crippen LogP contribution >= 0.6 is 0 Å². The van der Waals surface area contributed by atoms with Crippen LogP contribution in [0.4, 0.5) is 5.69 Å². The Morgan fingerprint density at radius 1 is 1.39 bits per heavy atom. The molecule has 1 aliphatic heterocycles. The molecule has 1 saturated heterocycles. The highest BCUT2D eigenvalue weighted by molar-refractivity contribution is 5.94. The van der Waals surface area contributed by atoms with E-state index in [4.69, 9.17) is 5.11 Å². The molecular formula is C14H13N3O. The number of aliphatic hydroxyl groups excluding tert-OH is 1. The van der Waals surface area contributed by atoms with Crippen LogP contribution in [-0.4, -0.2) is 29.8 Å². The van der Waals surface area contributed by atoms with Gasteiger partial charge in [0, 0.05) is 37.2 Å². The number of rotatable bonds is 2. The lowest BCUT2D eigenvalue weighted by Gasteiger charge is -2.41. The van der Waals surface area contributed by atoms with Crippen molar-refractivity contribution < 1.29 is 5.11 Å². The lowest BCUT2D eigenvalue weighted by molar-refractivity contribution is 0.201. The molecule has 3 rings (SSSR count). The largest absolute Gasteiger partial charge is 0.396 e. The molecule has 0 unspecified atom stereocenters. The number of benzene rings is 1. The van der Waals surface area contributed by atoms with Crippen LogP contribution in [-0.2, 0) is 0 Å². The number of anilines is 1. The molecule has 2 aromatic rings. The highest BCUT2D eigenvalue weighted by atomic mass is 16.3. The van der Waals surface area contributed by atoms with E-state index in [-0.39, 0.29) is 6.61 Å². The number of aromatic nitrogens is 1. The van der Waals surface area contributed by atoms with E-state index < -0.39 is 0 Å². The van der Waals surface area contributed by atoms with Crippen molar-refractivity contribution >= 4 is 16.6 Å². The fourth-order valence-electron chi connectivity index (χ4n) is 2.42. The maximum Gasteiger partial charge on any atom is 0.103 e. The lowest BCUT2D eigenvalue weighted by atomic mass is 9.97. The van der Waals surface area contributed by atoms with E-state index >= 15 is 0 Å². The van der Waals surface area contributed by atoms with Crippen molar-refractivity contribution in [3.05, 3.63) is 36.0 Å². The first-order chi connectivity index (χ1) is 8.83. The quantitative estimate of drug-likeness (QED) is 0.863. The van der Waals surface area contributed by atoms with Gasteiger partial charge < -0.3 is 10.0 Å². The minimum absolute atomic E-state index is 0.210. The van der Waals surface area contributed by atoms with E-state index in [0.29, 0.717) is 11.5 Å². The van der Waals surface area contributed by atoms with Crippen LogP contribution in [0.15, 0.2) is 30.5 Å². The van der Waals surface area contributed by atoms with Crippen molar-refractivity contribution in [2.45, 2.75) is 0 Å². The molecule has 1 aromatic heterocycles. The highest BCUT2D eigenvalue weighted by Gasteiger charge is 2.29. The number of fused-ring (bicyclic) bond motifs is 1. The van der Waals surface area contributed by atoms with Crippen LogP contribution < -0.4 is 4.90 Å². The Kier molecular flexibility index (Phi) is 2.62. The third-order valence-corrected chi connectivity index (χ3v) is 3.40. The number of hydrogen-bond donors (Lipinski definition) is 1. The summed E-state index contributed by atoms with van der Waals surface area (Å²) in [4.78, 5) is 6.44. The van der Waals surface area contributed by atoms with Crippen LogP contribution in [0.2, 0.25) is 0 Å². The van der Waals surface area contributed by atoms with Gasteiger partial charge in [-0.25, -0.2) is 0 Å². The van der Waals surface area contributed by atoms with Crippen molar-refractivity contribution in [2.24, 2.45) is 5.92 Å². The summed E-state index contributed by atoms with van der Waals surface area (Å²) in [6.07, 6.45) is 1.63. The van der Waals surface area contributed by atoms with Gasteiger partial charge in [0.05, 0.1) is 16.8 Å². The summed E-state index contributed by atoms with van der Waals surface area (Å²) in [7, 11) is 0. The first-order valence-electron chi connectivity index (χ1n) is 5.97. The zero-order valence-corrected chi connectivity index (χ0v) is 9.87. The predicted molar refractivity (Wildman–Crippen MR) is 69.2 cm³/mol. The van der Waals surface area contributed by atoms with Crippen molar-refractivity contribution in [1.29, 1.82) is 5.26 Å². The van der Waals surface area contributed by atoms with Gasteiger partial charge in [-0.2, -0.15) is 5.26 Å². The van der Waals surface area contributed by atoms with E-state index in [1.165, 1.54) is 0 Å². The Hall–Kier alpha value is -2.12. The zero-order valence-electron chi connectivity index (χ0n) is 9.87. The monoisotopic (exact) mass is 239 g/mol. The standard InChI is InChI=1S/C14H13N3O/c15-5-11-6-16-13-4-2-1-3-12(13)14(11)17-7-10(8-17)9-18/h1-4,6,10,18H,7-9H2. The summed E-state index contributed by atoms with van der Waals surface area (Å²) in [6, 6.07) is 10.0. The Balaban J connectivity index is 2.11. The summed E-state index contributed by atoms with van der Waals surface area (Å²) in [5.41, 5.74) is 2.46. The molecule has 1 fully saturated rings. The first-order valence-corrected chi connectivity index (χ1v) is 5.97. The molecule has 0 saturated carbocycles. The van der Waals surface area contributed by atoms with Crippen LogP contribution in [0.5, 0.6) is 0 Å². The highest BCUT2D eigenvalue weighted by Crippen LogP contribution is 2.33. The third kappa shape index (κ3) is 1.60. The van der Waals surface area contributed by atoms with Gasteiger partial charge in [-0.3, -0.25) is 4.98 Å². The van der Waals surface area contributed by atoms with E-state index in [2.05, 4.69) is 16.0 Å². The summed E-state index contributed by atoms with van der Waals surface area (Å²) in [6.45, 7) is 1.82. The second kappa shape index (κ2) is 4.28. The molecule has 1 N–H and O–H groups in total. The number of para-hydroxylation sites is 1. The van der Waals surface area contributed by atoms with Crippen LogP contribution in [0.1, 0.15) is 5.56 Å². The molecule has 1 aliphatic rings.